The first-order chi connectivity index (χ1) is 12.9. The molecule has 1 atom stereocenters. The van der Waals surface area contributed by atoms with Gasteiger partial charge >= 0.3 is 0 Å². The number of aryl methyl sites for hydroxylation is 2. The summed E-state index contributed by atoms with van der Waals surface area (Å²) in [4.78, 5) is 25.3. The Kier molecular flexibility index (Phi) is 5.54. The zero-order valence-electron chi connectivity index (χ0n) is 16.3. The van der Waals surface area contributed by atoms with Crippen LogP contribution in [0.5, 0.6) is 11.5 Å². The molecule has 27 heavy (non-hydrogen) atoms. The number of amides is 1. The van der Waals surface area contributed by atoms with E-state index in [1.165, 1.54) is 0 Å². The lowest BCUT2D eigenvalue weighted by Gasteiger charge is -2.26. The Labute approximate surface area is 159 Å². The van der Waals surface area contributed by atoms with E-state index in [1.807, 2.05) is 38.1 Å². The Morgan fingerprint density at radius 1 is 1.33 bits per heavy atom. The summed E-state index contributed by atoms with van der Waals surface area (Å²) in [7, 11) is 1.63. The highest BCUT2D eigenvalue weighted by Gasteiger charge is 2.23. The number of carbonyl (C=O) groups excluding carboxylic acids is 1. The summed E-state index contributed by atoms with van der Waals surface area (Å²) in [6, 6.07) is 7.67. The molecule has 6 nitrogen and oxygen atoms in total. The van der Waals surface area contributed by atoms with Gasteiger partial charge in [0.05, 0.1) is 13.7 Å². The van der Waals surface area contributed by atoms with Crippen LogP contribution in [0.2, 0.25) is 0 Å². The van der Waals surface area contributed by atoms with Gasteiger partial charge in [0.15, 0.2) is 0 Å². The number of pyridine rings is 1. The predicted octanol–water partition coefficient (Wildman–Crippen LogP) is 2.47. The van der Waals surface area contributed by atoms with Crippen molar-refractivity contribution in [1.29, 1.82) is 0 Å². The van der Waals surface area contributed by atoms with Crippen molar-refractivity contribution >= 4 is 5.91 Å². The van der Waals surface area contributed by atoms with Gasteiger partial charge < -0.3 is 19.4 Å². The Hall–Kier alpha value is -2.76. The van der Waals surface area contributed by atoms with Crippen LogP contribution in [0.25, 0.3) is 0 Å². The fourth-order valence-electron chi connectivity index (χ4n) is 3.60. The summed E-state index contributed by atoms with van der Waals surface area (Å²) in [5, 5.41) is 2.92. The van der Waals surface area contributed by atoms with E-state index in [0.717, 1.165) is 29.2 Å². The molecule has 1 aromatic heterocycles. The minimum atomic E-state index is -0.319. The zero-order chi connectivity index (χ0) is 19.6. The van der Waals surface area contributed by atoms with Crippen LogP contribution in [0.3, 0.4) is 0 Å². The van der Waals surface area contributed by atoms with Crippen LogP contribution in [-0.2, 0) is 13.0 Å². The number of methoxy groups -OCH3 is 1. The normalized spacial score (nSPS) is 15.6. The largest absolute Gasteiger partial charge is 0.497 e. The molecule has 0 aliphatic carbocycles. The van der Waals surface area contributed by atoms with Crippen LogP contribution in [0.1, 0.15) is 34.1 Å². The van der Waals surface area contributed by atoms with Crippen LogP contribution in [0.4, 0.5) is 0 Å². The van der Waals surface area contributed by atoms with E-state index in [2.05, 4.69) is 5.32 Å². The van der Waals surface area contributed by atoms with Crippen molar-refractivity contribution < 1.29 is 14.3 Å². The highest BCUT2D eigenvalue weighted by molar-refractivity contribution is 5.95. The summed E-state index contributed by atoms with van der Waals surface area (Å²) < 4.78 is 12.7. The van der Waals surface area contributed by atoms with Gasteiger partial charge in [-0.15, -0.1) is 0 Å². The van der Waals surface area contributed by atoms with Gasteiger partial charge in [0.1, 0.15) is 17.1 Å². The second kappa shape index (κ2) is 7.86. The second-order valence-corrected chi connectivity index (χ2v) is 6.96. The molecule has 1 aromatic carbocycles. The minimum Gasteiger partial charge on any atom is -0.497 e. The molecule has 0 bridgehead atoms. The van der Waals surface area contributed by atoms with Gasteiger partial charge in [-0.2, -0.15) is 0 Å². The van der Waals surface area contributed by atoms with Gasteiger partial charge in [-0.1, -0.05) is 6.07 Å². The third-order valence-electron chi connectivity index (χ3n) is 5.06. The molecule has 0 fully saturated rings. The first-order valence-electron chi connectivity index (χ1n) is 9.23. The molecule has 2 aromatic rings. The quantitative estimate of drug-likeness (QED) is 0.878. The van der Waals surface area contributed by atoms with Crippen LogP contribution in [-0.4, -0.2) is 30.7 Å². The van der Waals surface area contributed by atoms with E-state index in [-0.39, 0.29) is 22.9 Å². The van der Waals surface area contributed by atoms with E-state index >= 15 is 0 Å². The summed E-state index contributed by atoms with van der Waals surface area (Å²) >= 11 is 0. The molecule has 0 saturated heterocycles. The Morgan fingerprint density at radius 2 is 2.11 bits per heavy atom. The Morgan fingerprint density at radius 3 is 2.81 bits per heavy atom. The molecular weight excluding hydrogens is 344 g/mol. The lowest BCUT2D eigenvalue weighted by Crippen LogP contribution is -2.39. The number of hydrogen-bond acceptors (Lipinski definition) is 4. The Balaban J connectivity index is 1.69. The fraction of sp³-hybridized carbons (Fsp3) is 0.429. The SMILES string of the molecule is CCn1c(C)cc(C)c(C(=O)NC[C@H]2COc3cc(OC)ccc3C2)c1=O. The van der Waals surface area contributed by atoms with Crippen LogP contribution in [0, 0.1) is 19.8 Å². The number of fused-ring (bicyclic) bond motifs is 1. The minimum absolute atomic E-state index is 0.161. The van der Waals surface area contributed by atoms with Crippen molar-refractivity contribution in [2.75, 3.05) is 20.3 Å². The summed E-state index contributed by atoms with van der Waals surface area (Å²) in [6.45, 7) is 7.11. The average molecular weight is 370 g/mol. The molecule has 2 heterocycles. The van der Waals surface area contributed by atoms with Crippen molar-refractivity contribution in [1.82, 2.24) is 9.88 Å². The maximum Gasteiger partial charge on any atom is 0.263 e. The number of hydrogen-bond donors (Lipinski definition) is 1. The van der Waals surface area contributed by atoms with Gasteiger partial charge in [-0.25, -0.2) is 0 Å². The van der Waals surface area contributed by atoms with E-state index in [1.54, 1.807) is 18.6 Å². The smallest absolute Gasteiger partial charge is 0.263 e. The highest BCUT2D eigenvalue weighted by atomic mass is 16.5. The van der Waals surface area contributed by atoms with E-state index in [9.17, 15) is 9.59 Å². The predicted molar refractivity (Wildman–Crippen MR) is 104 cm³/mol. The second-order valence-electron chi connectivity index (χ2n) is 6.96. The fourth-order valence-corrected chi connectivity index (χ4v) is 3.60. The van der Waals surface area contributed by atoms with Crippen LogP contribution in [0.15, 0.2) is 29.1 Å². The third kappa shape index (κ3) is 3.84. The summed E-state index contributed by atoms with van der Waals surface area (Å²) in [5.74, 6) is 1.44. The summed E-state index contributed by atoms with van der Waals surface area (Å²) in [5.41, 5.74) is 2.66. The number of ether oxygens (including phenoxy) is 2. The number of carbonyl (C=O) groups is 1. The molecule has 3 rings (SSSR count). The standard InChI is InChI=1S/C21H26N2O4/c1-5-23-14(3)8-13(2)19(21(23)25)20(24)22-11-15-9-16-6-7-17(26-4)10-18(16)27-12-15/h6-8,10,15H,5,9,11-12H2,1-4H3,(H,22,24)/t15-/m0/s1. The first kappa shape index (κ1) is 19.0. The Bertz CT molecular complexity index is 917. The van der Waals surface area contributed by atoms with Gasteiger partial charge in [0, 0.05) is 30.8 Å². The monoisotopic (exact) mass is 370 g/mol. The third-order valence-corrected chi connectivity index (χ3v) is 5.06. The van der Waals surface area contributed by atoms with Gasteiger partial charge in [-0.3, -0.25) is 9.59 Å². The zero-order valence-corrected chi connectivity index (χ0v) is 16.3. The lowest BCUT2D eigenvalue weighted by atomic mass is 9.96. The van der Waals surface area contributed by atoms with E-state index in [0.29, 0.717) is 25.3 Å². The molecule has 0 radical (unpaired) electrons. The molecule has 1 amide bonds. The molecule has 0 spiro atoms. The number of aromatic nitrogens is 1. The summed E-state index contributed by atoms with van der Waals surface area (Å²) in [6.07, 6.45) is 0.811. The van der Waals surface area contributed by atoms with Gasteiger partial charge in [-0.05, 0) is 50.5 Å². The van der Waals surface area contributed by atoms with Crippen molar-refractivity contribution in [3.05, 3.63) is 57.0 Å². The highest BCUT2D eigenvalue weighted by Crippen LogP contribution is 2.30. The number of benzene rings is 1. The molecule has 0 saturated carbocycles. The molecule has 0 unspecified atom stereocenters. The van der Waals surface area contributed by atoms with Crippen molar-refractivity contribution in [2.24, 2.45) is 5.92 Å². The molecule has 1 aliphatic heterocycles. The first-order valence-corrected chi connectivity index (χ1v) is 9.23. The van der Waals surface area contributed by atoms with Gasteiger partial charge in [0.25, 0.3) is 11.5 Å². The van der Waals surface area contributed by atoms with Crippen molar-refractivity contribution in [2.45, 2.75) is 33.7 Å². The maximum absolute atomic E-state index is 12.7. The van der Waals surface area contributed by atoms with Crippen molar-refractivity contribution in [3.63, 3.8) is 0 Å². The average Bonchev–Trinajstić information content (AvgIpc) is 2.65. The number of nitrogens with zero attached hydrogens (tertiary/aromatic N) is 1. The topological polar surface area (TPSA) is 69.6 Å². The molecule has 1 aliphatic rings. The molecule has 144 valence electrons. The molecule has 6 heteroatoms. The van der Waals surface area contributed by atoms with E-state index in [4.69, 9.17) is 9.47 Å². The van der Waals surface area contributed by atoms with Crippen molar-refractivity contribution in [3.8, 4) is 11.5 Å². The maximum atomic E-state index is 12.7. The number of rotatable bonds is 5. The van der Waals surface area contributed by atoms with E-state index < -0.39 is 0 Å². The lowest BCUT2D eigenvalue weighted by molar-refractivity contribution is 0.0936. The molecule has 1 N–H and O–H groups in total. The van der Waals surface area contributed by atoms with Crippen LogP contribution < -0.4 is 20.3 Å². The van der Waals surface area contributed by atoms with Gasteiger partial charge in [0.2, 0.25) is 0 Å². The number of nitrogens with one attached hydrogen (secondary N) is 1. The van der Waals surface area contributed by atoms with Crippen LogP contribution >= 0.6 is 0 Å². The molecular formula is C21H26N2O4.